The van der Waals surface area contributed by atoms with Gasteiger partial charge < -0.3 is 9.88 Å². The predicted octanol–water partition coefficient (Wildman–Crippen LogP) is 2.57. The molecule has 3 heteroatoms. The molecule has 2 atom stereocenters. The fourth-order valence-corrected chi connectivity index (χ4v) is 2.36. The van der Waals surface area contributed by atoms with Crippen LogP contribution in [0.25, 0.3) is 0 Å². The molecular formula is C13H23N3. The molecule has 0 spiro atoms. The Labute approximate surface area is 98.3 Å². The van der Waals surface area contributed by atoms with Crippen LogP contribution in [0.4, 0.5) is 0 Å². The lowest BCUT2D eigenvalue weighted by Crippen LogP contribution is -2.20. The highest BCUT2D eigenvalue weighted by Gasteiger charge is 2.35. The first kappa shape index (κ1) is 11.6. The van der Waals surface area contributed by atoms with Gasteiger partial charge in [-0.05, 0) is 25.2 Å². The molecule has 1 aliphatic rings. The molecule has 1 saturated carbocycles. The lowest BCUT2D eigenvalue weighted by atomic mass is 10.2. The molecule has 0 aliphatic heterocycles. The summed E-state index contributed by atoms with van der Waals surface area (Å²) < 4.78 is 2.25. The zero-order valence-electron chi connectivity index (χ0n) is 10.4. The maximum absolute atomic E-state index is 4.41. The maximum atomic E-state index is 4.41. The number of aryl methyl sites for hydroxylation is 1. The van der Waals surface area contributed by atoms with Gasteiger partial charge in [0.2, 0.25) is 0 Å². The molecule has 1 fully saturated rings. The Morgan fingerprint density at radius 1 is 1.44 bits per heavy atom. The van der Waals surface area contributed by atoms with E-state index in [4.69, 9.17) is 0 Å². The first-order valence-corrected chi connectivity index (χ1v) is 6.58. The SMILES string of the molecule is CCCC1CC1NCc1nccn1CCC. The van der Waals surface area contributed by atoms with Crippen LogP contribution in [-0.4, -0.2) is 15.6 Å². The Bertz CT molecular complexity index is 319. The standard InChI is InChI=1S/C13H23N3/c1-3-5-11-9-12(11)15-10-13-14-6-8-16(13)7-4-2/h6,8,11-12,15H,3-5,7,9-10H2,1-2H3. The van der Waals surface area contributed by atoms with Crippen LogP contribution in [0.1, 0.15) is 45.4 Å². The van der Waals surface area contributed by atoms with E-state index in [1.54, 1.807) is 0 Å². The lowest BCUT2D eigenvalue weighted by molar-refractivity contribution is 0.557. The Kier molecular flexibility index (Phi) is 3.99. The molecule has 2 rings (SSSR count). The molecule has 1 heterocycles. The van der Waals surface area contributed by atoms with Crippen molar-refractivity contribution in [2.24, 2.45) is 5.92 Å². The number of nitrogens with one attached hydrogen (secondary N) is 1. The molecule has 3 nitrogen and oxygen atoms in total. The summed E-state index contributed by atoms with van der Waals surface area (Å²) in [5.41, 5.74) is 0. The van der Waals surface area contributed by atoms with Crippen molar-refractivity contribution in [1.82, 2.24) is 14.9 Å². The van der Waals surface area contributed by atoms with Crippen LogP contribution in [0, 0.1) is 5.92 Å². The molecule has 0 amide bonds. The van der Waals surface area contributed by atoms with E-state index in [-0.39, 0.29) is 0 Å². The number of hydrogen-bond acceptors (Lipinski definition) is 2. The smallest absolute Gasteiger partial charge is 0.122 e. The van der Waals surface area contributed by atoms with Crippen molar-refractivity contribution in [1.29, 1.82) is 0 Å². The van der Waals surface area contributed by atoms with Crippen molar-refractivity contribution in [3.63, 3.8) is 0 Å². The molecule has 1 N–H and O–H groups in total. The van der Waals surface area contributed by atoms with Gasteiger partial charge in [-0.25, -0.2) is 4.98 Å². The topological polar surface area (TPSA) is 29.9 Å². The zero-order valence-corrected chi connectivity index (χ0v) is 10.4. The third kappa shape index (κ3) is 2.85. The van der Waals surface area contributed by atoms with Gasteiger partial charge in [0.1, 0.15) is 5.82 Å². The predicted molar refractivity (Wildman–Crippen MR) is 66.2 cm³/mol. The highest BCUT2D eigenvalue weighted by Crippen LogP contribution is 2.34. The fourth-order valence-electron chi connectivity index (χ4n) is 2.36. The largest absolute Gasteiger partial charge is 0.334 e. The van der Waals surface area contributed by atoms with E-state index in [1.165, 1.54) is 31.5 Å². The Morgan fingerprint density at radius 2 is 2.31 bits per heavy atom. The second-order valence-corrected chi connectivity index (χ2v) is 4.81. The van der Waals surface area contributed by atoms with Crippen LogP contribution >= 0.6 is 0 Å². The van der Waals surface area contributed by atoms with Gasteiger partial charge in [0.05, 0.1) is 6.54 Å². The zero-order chi connectivity index (χ0) is 11.4. The number of imidazole rings is 1. The highest BCUT2D eigenvalue weighted by molar-refractivity contribution is 4.97. The van der Waals surface area contributed by atoms with E-state index in [1.807, 2.05) is 6.20 Å². The van der Waals surface area contributed by atoms with E-state index in [2.05, 4.69) is 34.9 Å². The molecule has 0 aromatic carbocycles. The van der Waals surface area contributed by atoms with Crippen LogP contribution in [0.15, 0.2) is 12.4 Å². The van der Waals surface area contributed by atoms with Crippen molar-refractivity contribution < 1.29 is 0 Å². The average Bonchev–Trinajstić information content (AvgIpc) is 2.86. The summed E-state index contributed by atoms with van der Waals surface area (Å²) in [6.07, 6.45) is 9.21. The van der Waals surface area contributed by atoms with Gasteiger partial charge in [-0.2, -0.15) is 0 Å². The minimum absolute atomic E-state index is 0.756. The molecular weight excluding hydrogens is 198 g/mol. The first-order valence-electron chi connectivity index (χ1n) is 6.58. The first-order chi connectivity index (χ1) is 7.85. The van der Waals surface area contributed by atoms with Crippen molar-refractivity contribution in [2.75, 3.05) is 0 Å². The van der Waals surface area contributed by atoms with Crippen molar-refractivity contribution in [2.45, 2.75) is 58.7 Å². The molecule has 90 valence electrons. The van der Waals surface area contributed by atoms with Crippen LogP contribution in [0.2, 0.25) is 0 Å². The monoisotopic (exact) mass is 221 g/mol. The third-order valence-corrected chi connectivity index (χ3v) is 3.37. The molecule has 1 aromatic heterocycles. The molecule has 1 aromatic rings. The van der Waals surface area contributed by atoms with E-state index in [9.17, 15) is 0 Å². The summed E-state index contributed by atoms with van der Waals surface area (Å²) in [6, 6.07) is 0.756. The van der Waals surface area contributed by atoms with Crippen LogP contribution in [-0.2, 0) is 13.1 Å². The molecule has 0 saturated heterocycles. The van der Waals surface area contributed by atoms with Gasteiger partial charge >= 0.3 is 0 Å². The average molecular weight is 221 g/mol. The summed E-state index contributed by atoms with van der Waals surface area (Å²) in [7, 11) is 0. The summed E-state index contributed by atoms with van der Waals surface area (Å²) in [5.74, 6) is 2.11. The summed E-state index contributed by atoms with van der Waals surface area (Å²) in [5, 5.41) is 3.61. The van der Waals surface area contributed by atoms with Gasteiger partial charge in [0.25, 0.3) is 0 Å². The normalized spacial score (nSPS) is 23.6. The quantitative estimate of drug-likeness (QED) is 0.767. The van der Waals surface area contributed by atoms with Gasteiger partial charge in [-0.1, -0.05) is 20.3 Å². The summed E-state index contributed by atoms with van der Waals surface area (Å²) in [6.45, 7) is 6.48. The van der Waals surface area contributed by atoms with Crippen molar-refractivity contribution >= 4 is 0 Å². The van der Waals surface area contributed by atoms with Crippen molar-refractivity contribution in [3.05, 3.63) is 18.2 Å². The van der Waals surface area contributed by atoms with Gasteiger partial charge in [-0.3, -0.25) is 0 Å². The Hall–Kier alpha value is -0.830. The third-order valence-electron chi connectivity index (χ3n) is 3.37. The Balaban J connectivity index is 1.75. The molecule has 2 unspecified atom stereocenters. The van der Waals surface area contributed by atoms with Gasteiger partial charge in [-0.15, -0.1) is 0 Å². The Morgan fingerprint density at radius 3 is 3.06 bits per heavy atom. The van der Waals surface area contributed by atoms with Crippen molar-refractivity contribution in [3.8, 4) is 0 Å². The summed E-state index contributed by atoms with van der Waals surface area (Å²) >= 11 is 0. The highest BCUT2D eigenvalue weighted by atomic mass is 15.1. The molecule has 0 bridgehead atoms. The second-order valence-electron chi connectivity index (χ2n) is 4.81. The minimum Gasteiger partial charge on any atom is -0.334 e. The van der Waals surface area contributed by atoms with E-state index < -0.39 is 0 Å². The minimum atomic E-state index is 0.756. The van der Waals surface area contributed by atoms with E-state index >= 15 is 0 Å². The van der Waals surface area contributed by atoms with Crippen LogP contribution in [0.5, 0.6) is 0 Å². The number of hydrogen-bond donors (Lipinski definition) is 1. The number of rotatable bonds is 7. The number of aromatic nitrogens is 2. The number of nitrogens with zero attached hydrogens (tertiary/aromatic N) is 2. The molecule has 1 aliphatic carbocycles. The molecule has 0 radical (unpaired) electrons. The van der Waals surface area contributed by atoms with Crippen LogP contribution in [0.3, 0.4) is 0 Å². The van der Waals surface area contributed by atoms with Gasteiger partial charge in [0, 0.05) is 25.0 Å². The lowest BCUT2D eigenvalue weighted by Gasteiger charge is -2.07. The van der Waals surface area contributed by atoms with Crippen LogP contribution < -0.4 is 5.32 Å². The van der Waals surface area contributed by atoms with E-state index in [0.717, 1.165) is 25.0 Å². The fraction of sp³-hybridized carbons (Fsp3) is 0.769. The molecule has 16 heavy (non-hydrogen) atoms. The summed E-state index contributed by atoms with van der Waals surface area (Å²) in [4.78, 5) is 4.41. The van der Waals surface area contributed by atoms with Gasteiger partial charge in [0.15, 0.2) is 0 Å². The van der Waals surface area contributed by atoms with E-state index in [0.29, 0.717) is 0 Å². The maximum Gasteiger partial charge on any atom is 0.122 e. The second kappa shape index (κ2) is 5.48.